The van der Waals surface area contributed by atoms with Crippen LogP contribution in [0.4, 0.5) is 0 Å². The second-order valence-corrected chi connectivity index (χ2v) is 3.77. The Morgan fingerprint density at radius 1 is 1.18 bits per heavy atom. The lowest BCUT2D eigenvalue weighted by Gasteiger charge is -2.10. The van der Waals surface area contributed by atoms with Crippen LogP contribution in [0, 0.1) is 25.2 Å². The third kappa shape index (κ3) is 2.26. The number of nitriles is 1. The fourth-order valence-corrected chi connectivity index (χ4v) is 1.50. The van der Waals surface area contributed by atoms with E-state index < -0.39 is 0 Å². The van der Waals surface area contributed by atoms with Gasteiger partial charge in [-0.05, 0) is 43.2 Å². The zero-order chi connectivity index (χ0) is 12.3. The summed E-state index contributed by atoms with van der Waals surface area (Å²) in [5.74, 6) is 1.09. The molecule has 0 amide bonds. The second kappa shape index (κ2) is 4.67. The highest BCUT2D eigenvalue weighted by molar-refractivity contribution is 5.44. The summed E-state index contributed by atoms with van der Waals surface area (Å²) in [4.78, 5) is 4.07. The highest BCUT2D eigenvalue weighted by atomic mass is 16.5. The maximum atomic E-state index is 8.95. The van der Waals surface area contributed by atoms with Gasteiger partial charge in [0, 0.05) is 6.20 Å². The molecule has 2 aromatic rings. The summed E-state index contributed by atoms with van der Waals surface area (Å²) in [6, 6.07) is 11.3. The molecule has 0 aliphatic rings. The summed E-state index contributed by atoms with van der Waals surface area (Å²) in [6.45, 7) is 4.01. The van der Waals surface area contributed by atoms with Gasteiger partial charge in [0.2, 0.25) is 5.88 Å². The molecule has 3 heteroatoms. The molecule has 1 aromatic heterocycles. The van der Waals surface area contributed by atoms with Crippen LogP contribution in [0.1, 0.15) is 16.7 Å². The summed E-state index contributed by atoms with van der Waals surface area (Å²) < 4.78 is 5.68. The monoisotopic (exact) mass is 224 g/mol. The third-order valence-electron chi connectivity index (χ3n) is 2.65. The summed E-state index contributed by atoms with van der Waals surface area (Å²) in [7, 11) is 0. The number of benzene rings is 1. The molecule has 0 unspecified atom stereocenters. The lowest BCUT2D eigenvalue weighted by molar-refractivity contribution is 0.457. The van der Waals surface area contributed by atoms with E-state index >= 15 is 0 Å². The predicted molar refractivity (Wildman–Crippen MR) is 64.9 cm³/mol. The van der Waals surface area contributed by atoms with E-state index in [9.17, 15) is 0 Å². The Balaban J connectivity index is 2.39. The van der Waals surface area contributed by atoms with E-state index in [0.29, 0.717) is 11.4 Å². The molecule has 84 valence electrons. The van der Waals surface area contributed by atoms with E-state index in [1.165, 1.54) is 0 Å². The first-order chi connectivity index (χ1) is 8.22. The molecule has 0 aliphatic heterocycles. The van der Waals surface area contributed by atoms with Gasteiger partial charge in [0.25, 0.3) is 0 Å². The molecule has 0 radical (unpaired) electrons. The first kappa shape index (κ1) is 11.2. The van der Waals surface area contributed by atoms with E-state index in [4.69, 9.17) is 10.00 Å². The summed E-state index contributed by atoms with van der Waals surface area (Å²) >= 11 is 0. The Labute approximate surface area is 100 Å². The molecule has 0 saturated carbocycles. The van der Waals surface area contributed by atoms with Crippen molar-refractivity contribution in [3.8, 4) is 17.7 Å². The Bertz CT molecular complexity index is 585. The minimum Gasteiger partial charge on any atom is -0.437 e. The lowest BCUT2D eigenvalue weighted by Crippen LogP contribution is -1.94. The van der Waals surface area contributed by atoms with Crippen molar-refractivity contribution < 1.29 is 4.74 Å². The number of hydrogen-bond donors (Lipinski definition) is 0. The summed E-state index contributed by atoms with van der Waals surface area (Å²) in [5, 5.41) is 8.95. The average Bonchev–Trinajstić information content (AvgIpc) is 2.35. The van der Waals surface area contributed by atoms with Gasteiger partial charge in [-0.3, -0.25) is 0 Å². The number of ether oxygens (including phenoxy) is 1. The van der Waals surface area contributed by atoms with Crippen LogP contribution in [-0.4, -0.2) is 4.98 Å². The van der Waals surface area contributed by atoms with Crippen LogP contribution in [0.3, 0.4) is 0 Å². The van der Waals surface area contributed by atoms with Crippen LogP contribution in [0.2, 0.25) is 0 Å². The van der Waals surface area contributed by atoms with Crippen molar-refractivity contribution in [3.05, 3.63) is 53.2 Å². The van der Waals surface area contributed by atoms with Gasteiger partial charge in [-0.25, -0.2) is 4.98 Å². The minimum absolute atomic E-state index is 0.351. The third-order valence-corrected chi connectivity index (χ3v) is 2.65. The maximum Gasteiger partial charge on any atom is 0.237 e. The number of pyridine rings is 1. The molecular weight excluding hydrogens is 212 g/mol. The molecular formula is C14H12N2O. The van der Waals surface area contributed by atoms with Gasteiger partial charge in [-0.2, -0.15) is 5.26 Å². The number of nitrogens with zero attached hydrogens (tertiary/aromatic N) is 2. The van der Waals surface area contributed by atoms with Crippen LogP contribution < -0.4 is 4.74 Å². The van der Waals surface area contributed by atoms with Gasteiger partial charge in [-0.15, -0.1) is 0 Å². The summed E-state index contributed by atoms with van der Waals surface area (Å²) in [5.41, 5.74) is 2.65. The van der Waals surface area contributed by atoms with Gasteiger partial charge in [0.05, 0.1) is 0 Å². The van der Waals surface area contributed by atoms with Crippen LogP contribution in [0.5, 0.6) is 11.6 Å². The number of aromatic nitrogens is 1. The van der Waals surface area contributed by atoms with E-state index in [-0.39, 0.29) is 0 Å². The standard InChI is InChI=1S/C14H12N2O/c1-10-5-3-7-13(11(10)2)17-14-12(9-15)6-4-8-16-14/h3-8H,1-2H3. The van der Waals surface area contributed by atoms with Crippen molar-refractivity contribution >= 4 is 0 Å². The molecule has 2 rings (SSSR count). The normalized spacial score (nSPS) is 9.71. The van der Waals surface area contributed by atoms with Gasteiger partial charge in [0.1, 0.15) is 17.4 Å². The fourth-order valence-electron chi connectivity index (χ4n) is 1.50. The Morgan fingerprint density at radius 2 is 2.00 bits per heavy atom. The van der Waals surface area contributed by atoms with Gasteiger partial charge in [-0.1, -0.05) is 12.1 Å². The van der Waals surface area contributed by atoms with E-state index in [2.05, 4.69) is 11.1 Å². The largest absolute Gasteiger partial charge is 0.437 e. The van der Waals surface area contributed by atoms with Gasteiger partial charge in [0.15, 0.2) is 0 Å². The van der Waals surface area contributed by atoms with E-state index in [0.717, 1.165) is 16.9 Å². The van der Waals surface area contributed by atoms with Crippen LogP contribution in [0.15, 0.2) is 36.5 Å². The topological polar surface area (TPSA) is 45.9 Å². The molecule has 1 heterocycles. The highest BCUT2D eigenvalue weighted by Crippen LogP contribution is 2.27. The smallest absolute Gasteiger partial charge is 0.237 e. The van der Waals surface area contributed by atoms with Gasteiger partial charge >= 0.3 is 0 Å². The zero-order valence-corrected chi connectivity index (χ0v) is 9.77. The summed E-state index contributed by atoms with van der Waals surface area (Å²) in [6.07, 6.45) is 1.61. The lowest BCUT2D eigenvalue weighted by atomic mass is 10.1. The van der Waals surface area contributed by atoms with Crippen LogP contribution in [0.25, 0.3) is 0 Å². The zero-order valence-electron chi connectivity index (χ0n) is 9.77. The molecule has 0 atom stereocenters. The molecule has 17 heavy (non-hydrogen) atoms. The molecule has 0 N–H and O–H groups in total. The van der Waals surface area contributed by atoms with Crippen LogP contribution in [-0.2, 0) is 0 Å². The van der Waals surface area contributed by atoms with Gasteiger partial charge < -0.3 is 4.74 Å². The Morgan fingerprint density at radius 3 is 2.76 bits per heavy atom. The van der Waals surface area contributed by atoms with Crippen molar-refractivity contribution in [2.45, 2.75) is 13.8 Å². The second-order valence-electron chi connectivity index (χ2n) is 3.77. The molecule has 0 bridgehead atoms. The van der Waals surface area contributed by atoms with Crippen molar-refractivity contribution in [2.24, 2.45) is 0 Å². The molecule has 0 aliphatic carbocycles. The van der Waals surface area contributed by atoms with Crippen LogP contribution >= 0.6 is 0 Å². The average molecular weight is 224 g/mol. The quantitative estimate of drug-likeness (QED) is 0.785. The van der Waals surface area contributed by atoms with Crippen molar-refractivity contribution in [1.82, 2.24) is 4.98 Å². The fraction of sp³-hybridized carbons (Fsp3) is 0.143. The molecule has 0 fully saturated rings. The van der Waals surface area contributed by atoms with Crippen molar-refractivity contribution in [2.75, 3.05) is 0 Å². The molecule has 1 aromatic carbocycles. The van der Waals surface area contributed by atoms with Crippen molar-refractivity contribution in [1.29, 1.82) is 5.26 Å². The molecule has 0 saturated heterocycles. The van der Waals surface area contributed by atoms with E-state index in [1.54, 1.807) is 18.3 Å². The predicted octanol–water partition coefficient (Wildman–Crippen LogP) is 3.36. The highest BCUT2D eigenvalue weighted by Gasteiger charge is 2.07. The Hall–Kier alpha value is -2.34. The first-order valence-electron chi connectivity index (χ1n) is 5.31. The number of hydrogen-bond acceptors (Lipinski definition) is 3. The number of rotatable bonds is 2. The van der Waals surface area contributed by atoms with E-state index in [1.807, 2.05) is 32.0 Å². The minimum atomic E-state index is 0.351. The first-order valence-corrected chi connectivity index (χ1v) is 5.31. The maximum absolute atomic E-state index is 8.95. The SMILES string of the molecule is Cc1cccc(Oc2ncccc2C#N)c1C. The Kier molecular flexibility index (Phi) is 3.06. The molecule has 0 spiro atoms. The molecule has 3 nitrogen and oxygen atoms in total. The van der Waals surface area contributed by atoms with Crippen molar-refractivity contribution in [3.63, 3.8) is 0 Å². The number of aryl methyl sites for hydroxylation is 1.